The van der Waals surface area contributed by atoms with Crippen LogP contribution in [0.25, 0.3) is 0 Å². The molecule has 1 amide bonds. The molecule has 0 atom stereocenters. The van der Waals surface area contributed by atoms with Gasteiger partial charge in [-0.25, -0.2) is 5.84 Å². The van der Waals surface area contributed by atoms with Gasteiger partial charge in [0.1, 0.15) is 0 Å². The summed E-state index contributed by atoms with van der Waals surface area (Å²) in [5.74, 6) is 4.80. The van der Waals surface area contributed by atoms with Gasteiger partial charge in [-0.05, 0) is 17.9 Å². The van der Waals surface area contributed by atoms with Gasteiger partial charge in [0.05, 0.1) is 11.5 Å². The van der Waals surface area contributed by atoms with Crippen molar-refractivity contribution in [3.05, 3.63) is 21.9 Å². The minimum atomic E-state index is -0.255. The minimum absolute atomic E-state index is 0.255. The average Bonchev–Trinajstić information content (AvgIpc) is 2.65. The second kappa shape index (κ2) is 5.74. The Morgan fingerprint density at radius 3 is 3.14 bits per heavy atom. The van der Waals surface area contributed by atoms with Crippen LogP contribution >= 0.6 is 11.3 Å². The fourth-order valence-corrected chi connectivity index (χ4v) is 1.85. The van der Waals surface area contributed by atoms with Crippen LogP contribution in [0.5, 0.6) is 0 Å². The Bertz CT molecular complexity index is 299. The molecule has 5 heteroatoms. The molecular formula is C9H14N2O2S. The first kappa shape index (κ1) is 11.2. The van der Waals surface area contributed by atoms with Crippen molar-refractivity contribution in [1.29, 1.82) is 0 Å². The van der Waals surface area contributed by atoms with E-state index in [0.717, 1.165) is 12.0 Å². The summed E-state index contributed by atoms with van der Waals surface area (Å²) < 4.78 is 5.35. The summed E-state index contributed by atoms with van der Waals surface area (Å²) in [6.07, 6.45) is 0.975. The molecule has 3 N–H and O–H groups in total. The molecule has 0 unspecified atom stereocenters. The van der Waals surface area contributed by atoms with Crippen LogP contribution in [-0.2, 0) is 11.3 Å². The van der Waals surface area contributed by atoms with E-state index in [0.29, 0.717) is 18.1 Å². The Hall–Kier alpha value is -0.910. The maximum Gasteiger partial charge on any atom is 0.275 e. The molecule has 0 aliphatic heterocycles. The van der Waals surface area contributed by atoms with Crippen molar-refractivity contribution < 1.29 is 9.53 Å². The van der Waals surface area contributed by atoms with Gasteiger partial charge >= 0.3 is 0 Å². The number of hydrogen-bond donors (Lipinski definition) is 2. The van der Waals surface area contributed by atoms with Crippen molar-refractivity contribution in [2.45, 2.75) is 20.0 Å². The number of rotatable bonds is 5. The highest BCUT2D eigenvalue weighted by Crippen LogP contribution is 2.17. The summed E-state index contributed by atoms with van der Waals surface area (Å²) in [6.45, 7) is 3.22. The van der Waals surface area contributed by atoms with E-state index in [1.165, 1.54) is 11.3 Å². The lowest BCUT2D eigenvalue weighted by Crippen LogP contribution is -2.30. The highest BCUT2D eigenvalue weighted by atomic mass is 32.1. The Labute approximate surface area is 87.0 Å². The SMILES string of the molecule is CCCOCc1ccsc1C(=O)NN. The van der Waals surface area contributed by atoms with Crippen LogP contribution in [-0.4, -0.2) is 12.5 Å². The number of nitrogens with two attached hydrogens (primary N) is 1. The lowest BCUT2D eigenvalue weighted by atomic mass is 10.2. The molecule has 1 aromatic rings. The molecule has 1 aromatic heterocycles. The van der Waals surface area contributed by atoms with Gasteiger partial charge in [0.15, 0.2) is 0 Å². The van der Waals surface area contributed by atoms with E-state index in [2.05, 4.69) is 5.43 Å². The van der Waals surface area contributed by atoms with Gasteiger partial charge < -0.3 is 4.74 Å². The largest absolute Gasteiger partial charge is 0.377 e. The van der Waals surface area contributed by atoms with Gasteiger partial charge in [0.25, 0.3) is 5.91 Å². The van der Waals surface area contributed by atoms with E-state index in [4.69, 9.17) is 10.6 Å². The Balaban J connectivity index is 2.58. The van der Waals surface area contributed by atoms with Crippen molar-refractivity contribution in [3.63, 3.8) is 0 Å². The molecule has 0 aliphatic rings. The zero-order valence-electron chi connectivity index (χ0n) is 8.08. The maximum absolute atomic E-state index is 11.2. The molecule has 0 saturated heterocycles. The number of hydrazine groups is 1. The molecule has 0 radical (unpaired) electrons. The predicted octanol–water partition coefficient (Wildman–Crippen LogP) is 1.28. The third-order valence-corrected chi connectivity index (χ3v) is 2.65. The summed E-state index contributed by atoms with van der Waals surface area (Å²) in [4.78, 5) is 11.9. The molecule has 0 spiro atoms. The van der Waals surface area contributed by atoms with Crippen LogP contribution in [0.15, 0.2) is 11.4 Å². The number of hydrogen-bond acceptors (Lipinski definition) is 4. The number of carbonyl (C=O) groups excluding carboxylic acids is 1. The number of nitrogens with one attached hydrogen (secondary N) is 1. The summed E-state index contributed by atoms with van der Waals surface area (Å²) in [6, 6.07) is 1.88. The number of ether oxygens (including phenoxy) is 1. The zero-order valence-corrected chi connectivity index (χ0v) is 8.89. The summed E-state index contributed by atoms with van der Waals surface area (Å²) >= 11 is 1.37. The molecule has 0 bridgehead atoms. The lowest BCUT2D eigenvalue weighted by molar-refractivity contribution is 0.0945. The van der Waals surface area contributed by atoms with E-state index in [9.17, 15) is 4.79 Å². The standard InChI is InChI=1S/C9H14N2O2S/c1-2-4-13-6-7-3-5-14-8(7)9(12)11-10/h3,5H,2,4,6,10H2,1H3,(H,11,12). The first-order valence-electron chi connectivity index (χ1n) is 4.44. The minimum Gasteiger partial charge on any atom is -0.377 e. The van der Waals surface area contributed by atoms with Gasteiger partial charge in [-0.1, -0.05) is 6.92 Å². The van der Waals surface area contributed by atoms with Gasteiger partial charge in [-0.15, -0.1) is 11.3 Å². The fourth-order valence-electron chi connectivity index (χ4n) is 1.04. The predicted molar refractivity (Wildman–Crippen MR) is 55.9 cm³/mol. The monoisotopic (exact) mass is 214 g/mol. The van der Waals surface area contributed by atoms with E-state index < -0.39 is 0 Å². The van der Waals surface area contributed by atoms with Crippen molar-refractivity contribution in [2.75, 3.05) is 6.61 Å². The van der Waals surface area contributed by atoms with Crippen molar-refractivity contribution >= 4 is 17.2 Å². The quantitative estimate of drug-likeness (QED) is 0.336. The number of nitrogen functional groups attached to an aromatic ring is 1. The Morgan fingerprint density at radius 1 is 1.71 bits per heavy atom. The highest BCUT2D eigenvalue weighted by Gasteiger charge is 2.11. The molecule has 0 fully saturated rings. The van der Waals surface area contributed by atoms with Crippen molar-refractivity contribution in [1.82, 2.24) is 5.43 Å². The van der Waals surface area contributed by atoms with Crippen LogP contribution in [0, 0.1) is 0 Å². The summed E-state index contributed by atoms with van der Waals surface area (Å²) in [7, 11) is 0. The molecule has 14 heavy (non-hydrogen) atoms. The molecule has 0 saturated carbocycles. The van der Waals surface area contributed by atoms with Crippen LogP contribution in [0.1, 0.15) is 28.6 Å². The lowest BCUT2D eigenvalue weighted by Gasteiger charge is -2.03. The number of thiophene rings is 1. The highest BCUT2D eigenvalue weighted by molar-refractivity contribution is 7.12. The third-order valence-electron chi connectivity index (χ3n) is 1.69. The van der Waals surface area contributed by atoms with Crippen molar-refractivity contribution in [3.8, 4) is 0 Å². The number of amides is 1. The molecule has 1 rings (SSSR count). The molecular weight excluding hydrogens is 200 g/mol. The van der Waals surface area contributed by atoms with Crippen LogP contribution in [0.3, 0.4) is 0 Å². The second-order valence-corrected chi connectivity index (χ2v) is 3.72. The molecule has 4 nitrogen and oxygen atoms in total. The Morgan fingerprint density at radius 2 is 2.50 bits per heavy atom. The van der Waals surface area contributed by atoms with Gasteiger partial charge in [0, 0.05) is 12.2 Å². The first-order valence-corrected chi connectivity index (χ1v) is 5.32. The van der Waals surface area contributed by atoms with Crippen LogP contribution in [0.2, 0.25) is 0 Å². The summed E-state index contributed by atoms with van der Waals surface area (Å²) in [5.41, 5.74) is 3.01. The van der Waals surface area contributed by atoms with Gasteiger partial charge in [-0.2, -0.15) is 0 Å². The fraction of sp³-hybridized carbons (Fsp3) is 0.444. The zero-order chi connectivity index (χ0) is 10.4. The van der Waals surface area contributed by atoms with E-state index in [1.54, 1.807) is 0 Å². The van der Waals surface area contributed by atoms with Gasteiger partial charge in [0.2, 0.25) is 0 Å². The smallest absolute Gasteiger partial charge is 0.275 e. The molecule has 0 aliphatic carbocycles. The van der Waals surface area contributed by atoms with Crippen LogP contribution < -0.4 is 11.3 Å². The van der Waals surface area contributed by atoms with E-state index in [-0.39, 0.29) is 5.91 Å². The normalized spacial score (nSPS) is 10.1. The molecule has 78 valence electrons. The Kier molecular flexibility index (Phi) is 4.58. The second-order valence-electron chi connectivity index (χ2n) is 2.80. The number of carbonyl (C=O) groups is 1. The topological polar surface area (TPSA) is 64.3 Å². The van der Waals surface area contributed by atoms with E-state index in [1.807, 2.05) is 18.4 Å². The third kappa shape index (κ3) is 2.80. The maximum atomic E-state index is 11.2. The van der Waals surface area contributed by atoms with Crippen LogP contribution in [0.4, 0.5) is 0 Å². The molecule has 1 heterocycles. The van der Waals surface area contributed by atoms with E-state index >= 15 is 0 Å². The molecule has 0 aromatic carbocycles. The summed E-state index contributed by atoms with van der Waals surface area (Å²) in [5, 5.41) is 1.86. The average molecular weight is 214 g/mol. The van der Waals surface area contributed by atoms with Gasteiger partial charge in [-0.3, -0.25) is 10.2 Å². The van der Waals surface area contributed by atoms with Crippen molar-refractivity contribution in [2.24, 2.45) is 5.84 Å². The first-order chi connectivity index (χ1) is 6.79.